The molecule has 0 aliphatic heterocycles. The number of esters is 1. The zero-order valence-corrected chi connectivity index (χ0v) is 23.8. The van der Waals surface area contributed by atoms with Crippen molar-refractivity contribution < 1.29 is 28.6 Å². The Morgan fingerprint density at radius 2 is 1.58 bits per heavy atom. The molecule has 1 aromatic rings. The summed E-state index contributed by atoms with van der Waals surface area (Å²) in [6.45, 7) is 18.0. The van der Waals surface area contributed by atoms with Crippen LogP contribution in [0.2, 0.25) is 0 Å². The van der Waals surface area contributed by atoms with Crippen molar-refractivity contribution in [2.75, 3.05) is 13.7 Å². The van der Waals surface area contributed by atoms with Crippen LogP contribution >= 0.6 is 0 Å². The number of aromatic nitrogens is 2. The van der Waals surface area contributed by atoms with Gasteiger partial charge in [-0.1, -0.05) is 20.8 Å². The first-order valence-electron chi connectivity index (χ1n) is 12.7. The second kappa shape index (κ2) is 10.8. The van der Waals surface area contributed by atoms with E-state index in [0.29, 0.717) is 25.0 Å². The zero-order chi connectivity index (χ0) is 27.5. The van der Waals surface area contributed by atoms with Gasteiger partial charge in [0.2, 0.25) is 0 Å². The first-order chi connectivity index (χ1) is 16.4. The predicted octanol–water partition coefficient (Wildman–Crippen LogP) is 5.70. The van der Waals surface area contributed by atoms with E-state index in [1.165, 1.54) is 7.11 Å². The lowest BCUT2D eigenvalue weighted by molar-refractivity contribution is -0.144. The van der Waals surface area contributed by atoms with Crippen molar-refractivity contribution in [2.24, 2.45) is 11.3 Å². The van der Waals surface area contributed by atoms with Crippen molar-refractivity contribution in [3.05, 3.63) is 18.2 Å². The maximum Gasteiger partial charge on any atom is 0.419 e. The molecule has 36 heavy (non-hydrogen) atoms. The summed E-state index contributed by atoms with van der Waals surface area (Å²) in [5.41, 5.74) is -1.38. The molecule has 1 saturated carbocycles. The molecule has 1 aliphatic rings. The van der Waals surface area contributed by atoms with Crippen molar-refractivity contribution in [1.29, 1.82) is 0 Å². The Balaban J connectivity index is 2.09. The van der Waals surface area contributed by atoms with Crippen LogP contribution in [0.15, 0.2) is 12.5 Å². The number of rotatable bonds is 8. The minimum atomic E-state index is -0.787. The number of imide groups is 1. The Kier molecular flexibility index (Phi) is 8.90. The number of methoxy groups -OCH3 is 1. The van der Waals surface area contributed by atoms with Crippen molar-refractivity contribution >= 4 is 18.2 Å². The highest BCUT2D eigenvalue weighted by Crippen LogP contribution is 2.56. The molecule has 0 N–H and O–H groups in total. The topological polar surface area (TPSA) is 100.0 Å². The molecular weight excluding hydrogens is 462 g/mol. The number of imidazole rings is 1. The van der Waals surface area contributed by atoms with Crippen LogP contribution < -0.4 is 0 Å². The number of amides is 2. The number of carbonyl (C=O) groups is 3. The van der Waals surface area contributed by atoms with Crippen molar-refractivity contribution in [2.45, 2.75) is 111 Å². The summed E-state index contributed by atoms with van der Waals surface area (Å²) in [6, 6.07) is 0. The molecule has 2 amide bonds. The highest BCUT2D eigenvalue weighted by atomic mass is 16.6. The van der Waals surface area contributed by atoms with Crippen LogP contribution in [0.3, 0.4) is 0 Å². The minimum absolute atomic E-state index is 0.00930. The van der Waals surface area contributed by atoms with Gasteiger partial charge in [-0.3, -0.25) is 4.79 Å². The Hall–Kier alpha value is -2.58. The molecule has 0 bridgehead atoms. The lowest BCUT2D eigenvalue weighted by Gasteiger charge is -2.28. The molecule has 1 aromatic heterocycles. The van der Waals surface area contributed by atoms with Crippen LogP contribution in [0.4, 0.5) is 9.59 Å². The van der Waals surface area contributed by atoms with Gasteiger partial charge in [-0.2, -0.15) is 0 Å². The largest absolute Gasteiger partial charge is 0.468 e. The average Bonchev–Trinajstić information content (AvgIpc) is 3.22. The van der Waals surface area contributed by atoms with Gasteiger partial charge in [0.1, 0.15) is 16.6 Å². The molecule has 2 atom stereocenters. The maximum absolute atomic E-state index is 12.8. The zero-order valence-electron chi connectivity index (χ0n) is 23.8. The van der Waals surface area contributed by atoms with E-state index in [2.05, 4.69) is 25.8 Å². The Labute approximate surface area is 215 Å². The van der Waals surface area contributed by atoms with Crippen LogP contribution in [0, 0.1) is 11.3 Å². The second-order valence-electron chi connectivity index (χ2n) is 12.9. The smallest absolute Gasteiger partial charge is 0.419 e. The highest BCUT2D eigenvalue weighted by Gasteiger charge is 2.63. The monoisotopic (exact) mass is 507 g/mol. The lowest BCUT2D eigenvalue weighted by atomic mass is 9.92. The first-order valence-corrected chi connectivity index (χ1v) is 12.7. The van der Waals surface area contributed by atoms with Gasteiger partial charge >= 0.3 is 18.2 Å². The molecule has 1 aliphatic carbocycles. The number of carbonyl (C=O) groups excluding carboxylic acids is 3. The van der Waals surface area contributed by atoms with E-state index < -0.39 is 28.8 Å². The third-order valence-corrected chi connectivity index (χ3v) is 6.03. The van der Waals surface area contributed by atoms with Gasteiger partial charge < -0.3 is 18.8 Å². The highest BCUT2D eigenvalue weighted by molar-refractivity contribution is 5.88. The number of hydrogen-bond donors (Lipinski definition) is 0. The fourth-order valence-electron chi connectivity index (χ4n) is 4.09. The van der Waals surface area contributed by atoms with Crippen LogP contribution in [0.1, 0.15) is 93.7 Å². The molecule has 9 nitrogen and oxygen atoms in total. The lowest BCUT2D eigenvalue weighted by Crippen LogP contribution is -2.44. The van der Waals surface area contributed by atoms with Gasteiger partial charge in [-0.05, 0) is 78.6 Å². The molecule has 2 rings (SSSR count). The van der Waals surface area contributed by atoms with Crippen molar-refractivity contribution in [1.82, 2.24) is 14.5 Å². The van der Waals surface area contributed by atoms with Gasteiger partial charge in [0.15, 0.2) is 0 Å². The van der Waals surface area contributed by atoms with Crippen LogP contribution in [0.25, 0.3) is 0 Å². The quantitative estimate of drug-likeness (QED) is 0.328. The average molecular weight is 508 g/mol. The molecule has 0 aromatic carbocycles. The fourth-order valence-corrected chi connectivity index (χ4v) is 4.09. The molecule has 0 spiro atoms. The molecule has 9 heteroatoms. The summed E-state index contributed by atoms with van der Waals surface area (Å²) in [6.07, 6.45) is 4.94. The second-order valence-corrected chi connectivity index (χ2v) is 12.9. The molecular formula is C27H45N3O6. The summed E-state index contributed by atoms with van der Waals surface area (Å²) >= 11 is 0. The summed E-state index contributed by atoms with van der Waals surface area (Å²) in [5, 5.41) is 0. The molecule has 2 unspecified atom stereocenters. The normalized spacial score (nSPS) is 20.0. The molecule has 0 saturated heterocycles. The standard InChI is InChI=1S/C27H45N3O6/c1-24(2,3)13-15-29-17-20(28-18-29)27(21(31)34-10)16-19(27)12-11-14-30(22(32)35-25(4,5)6)23(33)36-26(7,8)9/h17-19H,11-16H2,1-10H3. The number of aryl methyl sites for hydroxylation is 1. The van der Waals surface area contributed by atoms with E-state index in [-0.39, 0.29) is 23.8 Å². The Morgan fingerprint density at radius 1 is 1.03 bits per heavy atom. The summed E-state index contributed by atoms with van der Waals surface area (Å²) < 4.78 is 18.0. The number of ether oxygens (including phenoxy) is 3. The number of hydrogen-bond acceptors (Lipinski definition) is 7. The Morgan fingerprint density at radius 3 is 2.06 bits per heavy atom. The summed E-state index contributed by atoms with van der Waals surface area (Å²) in [5.74, 6) is -0.292. The molecule has 1 fully saturated rings. The van der Waals surface area contributed by atoms with Crippen LogP contribution in [-0.2, 0) is 31.0 Å². The van der Waals surface area contributed by atoms with E-state index in [1.807, 2.05) is 10.8 Å². The molecule has 0 radical (unpaired) electrons. The summed E-state index contributed by atoms with van der Waals surface area (Å²) in [7, 11) is 1.39. The van der Waals surface area contributed by atoms with Crippen molar-refractivity contribution in [3.8, 4) is 0 Å². The van der Waals surface area contributed by atoms with Crippen LogP contribution in [-0.4, -0.2) is 57.5 Å². The minimum Gasteiger partial charge on any atom is -0.468 e. The van der Waals surface area contributed by atoms with Gasteiger partial charge in [-0.25, -0.2) is 19.5 Å². The van der Waals surface area contributed by atoms with Gasteiger partial charge in [-0.15, -0.1) is 0 Å². The van der Waals surface area contributed by atoms with Gasteiger partial charge in [0, 0.05) is 19.3 Å². The third kappa shape index (κ3) is 8.23. The SMILES string of the molecule is COC(=O)C1(c2cn(CCC(C)(C)C)cn2)CC1CCCN(C(=O)OC(C)(C)C)C(=O)OC(C)(C)C. The Bertz CT molecular complexity index is 907. The van der Waals surface area contributed by atoms with E-state index >= 15 is 0 Å². The predicted molar refractivity (Wildman–Crippen MR) is 137 cm³/mol. The first kappa shape index (κ1) is 29.6. The van der Waals surface area contributed by atoms with E-state index in [1.54, 1.807) is 47.9 Å². The van der Waals surface area contributed by atoms with E-state index in [9.17, 15) is 14.4 Å². The third-order valence-electron chi connectivity index (χ3n) is 6.03. The molecule has 1 heterocycles. The van der Waals surface area contributed by atoms with Gasteiger partial charge in [0.25, 0.3) is 0 Å². The maximum atomic E-state index is 12.8. The van der Waals surface area contributed by atoms with Crippen LogP contribution in [0.5, 0.6) is 0 Å². The van der Waals surface area contributed by atoms with Crippen molar-refractivity contribution in [3.63, 3.8) is 0 Å². The molecule has 204 valence electrons. The summed E-state index contributed by atoms with van der Waals surface area (Å²) in [4.78, 5) is 43.8. The van der Waals surface area contributed by atoms with E-state index in [0.717, 1.165) is 17.9 Å². The number of nitrogens with zero attached hydrogens (tertiary/aromatic N) is 3. The van der Waals surface area contributed by atoms with E-state index in [4.69, 9.17) is 14.2 Å². The fraction of sp³-hybridized carbons (Fsp3) is 0.778. The van der Waals surface area contributed by atoms with Gasteiger partial charge in [0.05, 0.1) is 19.1 Å².